The zero-order valence-electron chi connectivity index (χ0n) is 34.6. The zero-order chi connectivity index (χ0) is 41.7. The van der Waals surface area contributed by atoms with Gasteiger partial charge in [0.2, 0.25) is 0 Å². The Bertz CT molecular complexity index is 3340. The summed E-state index contributed by atoms with van der Waals surface area (Å²) in [6.07, 6.45) is 0. The number of aromatic nitrogens is 1. The van der Waals surface area contributed by atoms with Crippen molar-refractivity contribution in [1.82, 2.24) is 4.57 Å². The molecule has 0 bridgehead atoms. The molecule has 12 rings (SSSR count). The van der Waals surface area contributed by atoms with Crippen LogP contribution < -0.4 is 4.90 Å². The van der Waals surface area contributed by atoms with E-state index in [9.17, 15) is 0 Å². The lowest BCUT2D eigenvalue weighted by molar-refractivity contribution is 0.768. The number of fused-ring (bicyclic) bond motifs is 6. The van der Waals surface area contributed by atoms with E-state index < -0.39 is 5.41 Å². The second-order valence-electron chi connectivity index (χ2n) is 16.5. The minimum Gasteiger partial charge on any atom is -0.310 e. The van der Waals surface area contributed by atoms with Gasteiger partial charge in [-0.25, -0.2) is 0 Å². The molecule has 0 radical (unpaired) electrons. The largest absolute Gasteiger partial charge is 0.310 e. The van der Waals surface area contributed by atoms with E-state index in [0.717, 1.165) is 28.3 Å². The van der Waals surface area contributed by atoms with Crippen molar-refractivity contribution in [1.29, 1.82) is 0 Å². The van der Waals surface area contributed by atoms with Crippen molar-refractivity contribution < 1.29 is 0 Å². The van der Waals surface area contributed by atoms with Gasteiger partial charge >= 0.3 is 0 Å². The molecule has 0 aliphatic heterocycles. The van der Waals surface area contributed by atoms with Crippen molar-refractivity contribution in [3.8, 4) is 39.1 Å². The Morgan fingerprint density at radius 2 is 0.762 bits per heavy atom. The van der Waals surface area contributed by atoms with Crippen molar-refractivity contribution in [2.75, 3.05) is 4.90 Å². The molecule has 1 aliphatic carbocycles. The van der Waals surface area contributed by atoms with Gasteiger partial charge in [0, 0.05) is 33.5 Å². The van der Waals surface area contributed by atoms with E-state index in [1.165, 1.54) is 71.9 Å². The first-order valence-corrected chi connectivity index (χ1v) is 21.8. The molecule has 1 heterocycles. The van der Waals surface area contributed by atoms with Crippen LogP contribution in [-0.4, -0.2) is 4.57 Å². The van der Waals surface area contributed by atoms with E-state index in [1.807, 2.05) is 0 Å². The zero-order valence-corrected chi connectivity index (χ0v) is 34.6. The summed E-state index contributed by atoms with van der Waals surface area (Å²) in [6.45, 7) is 0. The smallest absolute Gasteiger partial charge is 0.0713 e. The van der Waals surface area contributed by atoms with Crippen LogP contribution in [0.25, 0.3) is 60.9 Å². The summed E-state index contributed by atoms with van der Waals surface area (Å²) in [5.41, 5.74) is 18.8. The van der Waals surface area contributed by atoms with E-state index >= 15 is 0 Å². The van der Waals surface area contributed by atoms with Gasteiger partial charge in [-0.3, -0.25) is 0 Å². The summed E-state index contributed by atoms with van der Waals surface area (Å²) in [4.78, 5) is 2.39. The topological polar surface area (TPSA) is 8.17 Å². The van der Waals surface area contributed by atoms with Gasteiger partial charge in [0.05, 0.1) is 16.4 Å². The van der Waals surface area contributed by atoms with Crippen LogP contribution in [0.5, 0.6) is 0 Å². The number of para-hydroxylation sites is 2. The highest BCUT2D eigenvalue weighted by Crippen LogP contribution is 2.56. The summed E-state index contributed by atoms with van der Waals surface area (Å²) in [6, 6.07) is 93.1. The molecule has 2 heteroatoms. The Kier molecular flexibility index (Phi) is 8.76. The van der Waals surface area contributed by atoms with Crippen LogP contribution in [0.15, 0.2) is 255 Å². The average Bonchev–Trinajstić information content (AvgIpc) is 3.86. The molecule has 1 aliphatic rings. The molecule has 0 unspecified atom stereocenters. The van der Waals surface area contributed by atoms with Crippen LogP contribution in [0.1, 0.15) is 22.3 Å². The summed E-state index contributed by atoms with van der Waals surface area (Å²) < 4.78 is 2.39. The molecule has 0 saturated carbocycles. The molecule has 10 aromatic carbocycles. The van der Waals surface area contributed by atoms with E-state index in [-0.39, 0.29) is 0 Å². The molecule has 0 saturated heterocycles. The van der Waals surface area contributed by atoms with Crippen LogP contribution in [0, 0.1) is 0 Å². The first-order valence-electron chi connectivity index (χ1n) is 21.8. The Labute approximate surface area is 368 Å². The van der Waals surface area contributed by atoms with Gasteiger partial charge < -0.3 is 9.47 Å². The minimum atomic E-state index is -0.458. The van der Waals surface area contributed by atoms with Gasteiger partial charge in [-0.2, -0.15) is 0 Å². The minimum absolute atomic E-state index is 0.458. The van der Waals surface area contributed by atoms with Gasteiger partial charge in [-0.05, 0) is 116 Å². The van der Waals surface area contributed by atoms with Crippen LogP contribution in [0.4, 0.5) is 17.1 Å². The maximum absolute atomic E-state index is 2.39. The Balaban J connectivity index is 0.974. The predicted octanol–water partition coefficient (Wildman–Crippen LogP) is 16.0. The maximum atomic E-state index is 2.39. The van der Waals surface area contributed by atoms with E-state index in [0.29, 0.717) is 0 Å². The SMILES string of the molecule is c1ccc(-c2cccc(N(c3ccc(-c4cccc(-n5c6ccccc6c6ccccc65)c4)cc3)c3ccc(C4(c5ccccc5)c5ccccc5-c5ccccc54)cc3)c2)cc1. The first kappa shape index (κ1) is 36.6. The van der Waals surface area contributed by atoms with E-state index in [4.69, 9.17) is 0 Å². The van der Waals surface area contributed by atoms with Gasteiger partial charge in [-0.1, -0.05) is 194 Å². The molecule has 1 aromatic heterocycles. The van der Waals surface area contributed by atoms with Gasteiger partial charge in [0.1, 0.15) is 0 Å². The number of anilines is 3. The monoisotopic (exact) mass is 802 g/mol. The third kappa shape index (κ3) is 5.95. The van der Waals surface area contributed by atoms with Gasteiger partial charge in [0.15, 0.2) is 0 Å². The van der Waals surface area contributed by atoms with Crippen LogP contribution >= 0.6 is 0 Å². The van der Waals surface area contributed by atoms with Crippen LogP contribution in [0.3, 0.4) is 0 Å². The molecular weight excluding hydrogens is 761 g/mol. The molecule has 63 heavy (non-hydrogen) atoms. The molecule has 0 atom stereocenters. The number of hydrogen-bond donors (Lipinski definition) is 0. The van der Waals surface area contributed by atoms with Crippen LogP contribution in [0.2, 0.25) is 0 Å². The van der Waals surface area contributed by atoms with Crippen molar-refractivity contribution in [3.05, 3.63) is 277 Å². The van der Waals surface area contributed by atoms with Crippen LogP contribution in [-0.2, 0) is 5.41 Å². The molecule has 0 amide bonds. The lowest BCUT2D eigenvalue weighted by atomic mass is 9.68. The second kappa shape index (κ2) is 15.1. The normalized spacial score (nSPS) is 12.6. The van der Waals surface area contributed by atoms with Gasteiger partial charge in [0.25, 0.3) is 0 Å². The fourth-order valence-electron chi connectivity index (χ4n) is 10.3. The third-order valence-electron chi connectivity index (χ3n) is 13.1. The fourth-order valence-corrected chi connectivity index (χ4v) is 10.3. The molecule has 2 nitrogen and oxygen atoms in total. The maximum Gasteiger partial charge on any atom is 0.0713 e. The lowest BCUT2D eigenvalue weighted by Crippen LogP contribution is -2.28. The molecule has 0 N–H and O–H groups in total. The molecular formula is C61H42N2. The number of rotatable bonds is 8. The quantitative estimate of drug-likeness (QED) is 0.149. The highest BCUT2D eigenvalue weighted by molar-refractivity contribution is 6.09. The number of hydrogen-bond acceptors (Lipinski definition) is 1. The highest BCUT2D eigenvalue weighted by atomic mass is 15.1. The standard InChI is InChI=1S/C61H42N2/c1-3-17-43(18-4-1)45-19-15-23-51(41-45)62(49-37-33-44(34-38-49)46-20-16-24-52(42-46)63-59-31-13-9-27-55(59)56-28-10-14-32-60(56)63)50-39-35-48(36-40-50)61(47-21-5-2-6-22-47)57-29-11-7-25-53(57)54-26-8-12-30-58(54)61/h1-42H. The Hall–Kier alpha value is -8.20. The highest BCUT2D eigenvalue weighted by Gasteiger charge is 2.45. The van der Waals surface area contributed by atoms with Crippen molar-refractivity contribution in [3.63, 3.8) is 0 Å². The van der Waals surface area contributed by atoms with Crippen molar-refractivity contribution in [2.24, 2.45) is 0 Å². The fraction of sp³-hybridized carbons (Fsp3) is 0.0164. The first-order chi connectivity index (χ1) is 31.3. The van der Waals surface area contributed by atoms with Gasteiger partial charge in [-0.15, -0.1) is 0 Å². The molecule has 11 aromatic rings. The molecule has 296 valence electrons. The third-order valence-corrected chi connectivity index (χ3v) is 13.1. The summed E-state index contributed by atoms with van der Waals surface area (Å²) in [5.74, 6) is 0. The summed E-state index contributed by atoms with van der Waals surface area (Å²) in [5, 5.41) is 2.53. The van der Waals surface area contributed by atoms with E-state index in [1.54, 1.807) is 0 Å². The number of benzene rings is 10. The Morgan fingerprint density at radius 1 is 0.302 bits per heavy atom. The predicted molar refractivity (Wildman–Crippen MR) is 264 cm³/mol. The van der Waals surface area contributed by atoms with E-state index in [2.05, 4.69) is 264 Å². The Morgan fingerprint density at radius 3 is 1.40 bits per heavy atom. The second-order valence-corrected chi connectivity index (χ2v) is 16.5. The van der Waals surface area contributed by atoms with Crippen molar-refractivity contribution >= 4 is 38.9 Å². The number of nitrogens with zero attached hydrogens (tertiary/aromatic N) is 2. The van der Waals surface area contributed by atoms with Crippen molar-refractivity contribution in [2.45, 2.75) is 5.41 Å². The molecule has 0 spiro atoms. The summed E-state index contributed by atoms with van der Waals surface area (Å²) >= 11 is 0. The lowest BCUT2D eigenvalue weighted by Gasteiger charge is -2.34. The summed E-state index contributed by atoms with van der Waals surface area (Å²) in [7, 11) is 0. The average molecular weight is 803 g/mol. The molecule has 0 fully saturated rings.